The van der Waals surface area contributed by atoms with Crippen LogP contribution >= 0.6 is 0 Å². The number of benzene rings is 1. The van der Waals surface area contributed by atoms with Gasteiger partial charge in [-0.15, -0.1) is 0 Å². The van der Waals surface area contributed by atoms with E-state index in [1.165, 1.54) is 0 Å². The molecule has 1 atom stereocenters. The molecule has 1 unspecified atom stereocenters. The molecule has 0 fully saturated rings. The van der Waals surface area contributed by atoms with E-state index < -0.39 is 12.1 Å². The van der Waals surface area contributed by atoms with E-state index >= 15 is 0 Å². The zero-order valence-corrected chi connectivity index (χ0v) is 9.29. The topological polar surface area (TPSA) is 43.8 Å². The third kappa shape index (κ3) is 1.62. The summed E-state index contributed by atoms with van der Waals surface area (Å²) in [5, 5.41) is 9.10. The summed E-state index contributed by atoms with van der Waals surface area (Å²) in [6.45, 7) is 0. The SMILES string of the molecule is CN1C=C(c2ccccc2)N(C)C1C(=O)O. The molecule has 1 aromatic carbocycles. The van der Waals surface area contributed by atoms with Gasteiger partial charge < -0.3 is 14.9 Å². The Balaban J connectivity index is 2.32. The molecule has 1 aromatic rings. The van der Waals surface area contributed by atoms with Gasteiger partial charge in [-0.25, -0.2) is 4.79 Å². The molecule has 1 aliphatic rings. The number of likely N-dealkylation sites (N-methyl/N-ethyl adjacent to an activating group) is 2. The maximum Gasteiger partial charge on any atom is 0.347 e. The lowest BCUT2D eigenvalue weighted by Gasteiger charge is -2.25. The number of aliphatic carboxylic acids is 1. The van der Waals surface area contributed by atoms with Crippen molar-refractivity contribution in [3.8, 4) is 0 Å². The van der Waals surface area contributed by atoms with E-state index in [0.29, 0.717) is 0 Å². The van der Waals surface area contributed by atoms with E-state index in [1.807, 2.05) is 36.5 Å². The molecule has 1 aliphatic heterocycles. The van der Waals surface area contributed by atoms with E-state index in [1.54, 1.807) is 23.9 Å². The molecule has 84 valence electrons. The molecule has 16 heavy (non-hydrogen) atoms. The molecule has 0 amide bonds. The average Bonchev–Trinajstić information content (AvgIpc) is 2.55. The third-order valence-corrected chi connectivity index (χ3v) is 2.75. The second-order valence-electron chi connectivity index (χ2n) is 3.87. The zero-order valence-electron chi connectivity index (χ0n) is 9.29. The number of hydrogen-bond donors (Lipinski definition) is 1. The molecule has 0 bridgehead atoms. The first-order valence-electron chi connectivity index (χ1n) is 5.06. The highest BCUT2D eigenvalue weighted by Gasteiger charge is 2.33. The fourth-order valence-electron chi connectivity index (χ4n) is 1.99. The monoisotopic (exact) mass is 218 g/mol. The van der Waals surface area contributed by atoms with Gasteiger partial charge in [0.05, 0.1) is 5.70 Å². The fourth-order valence-corrected chi connectivity index (χ4v) is 1.99. The Morgan fingerprint density at radius 2 is 1.88 bits per heavy atom. The van der Waals surface area contributed by atoms with Crippen LogP contribution in [0.5, 0.6) is 0 Å². The summed E-state index contributed by atoms with van der Waals surface area (Å²) >= 11 is 0. The van der Waals surface area contributed by atoms with Crippen LogP contribution in [0.3, 0.4) is 0 Å². The highest BCUT2D eigenvalue weighted by Crippen LogP contribution is 2.27. The van der Waals surface area contributed by atoms with Crippen LogP contribution in [0.4, 0.5) is 0 Å². The van der Waals surface area contributed by atoms with Crippen molar-refractivity contribution >= 4 is 11.7 Å². The second kappa shape index (κ2) is 3.89. The number of carbonyl (C=O) groups is 1. The minimum Gasteiger partial charge on any atom is -0.478 e. The van der Waals surface area contributed by atoms with Gasteiger partial charge in [0.1, 0.15) is 0 Å². The van der Waals surface area contributed by atoms with Crippen LogP contribution in [-0.2, 0) is 4.79 Å². The number of carboxylic acid groups (broad SMARTS) is 1. The third-order valence-electron chi connectivity index (χ3n) is 2.75. The van der Waals surface area contributed by atoms with E-state index in [0.717, 1.165) is 11.3 Å². The first-order valence-corrected chi connectivity index (χ1v) is 5.06. The van der Waals surface area contributed by atoms with Gasteiger partial charge in [-0.1, -0.05) is 30.3 Å². The van der Waals surface area contributed by atoms with Gasteiger partial charge in [-0.05, 0) is 5.56 Å². The molecule has 4 nitrogen and oxygen atoms in total. The van der Waals surface area contributed by atoms with E-state index in [-0.39, 0.29) is 0 Å². The summed E-state index contributed by atoms with van der Waals surface area (Å²) in [4.78, 5) is 14.5. The maximum absolute atomic E-state index is 11.1. The Morgan fingerprint density at radius 1 is 1.25 bits per heavy atom. The highest BCUT2D eigenvalue weighted by molar-refractivity contribution is 5.79. The number of rotatable bonds is 2. The smallest absolute Gasteiger partial charge is 0.347 e. The Labute approximate surface area is 94.4 Å². The Hall–Kier alpha value is -1.97. The Bertz CT molecular complexity index is 428. The molecule has 0 saturated carbocycles. The predicted molar refractivity (Wildman–Crippen MR) is 61.4 cm³/mol. The molecule has 0 aliphatic carbocycles. The zero-order chi connectivity index (χ0) is 11.7. The molecular formula is C12H14N2O2. The van der Waals surface area contributed by atoms with Crippen molar-refractivity contribution in [2.75, 3.05) is 14.1 Å². The lowest BCUT2D eigenvalue weighted by atomic mass is 10.1. The molecule has 2 rings (SSSR count). The summed E-state index contributed by atoms with van der Waals surface area (Å²) < 4.78 is 0. The van der Waals surface area contributed by atoms with E-state index in [2.05, 4.69) is 0 Å². The van der Waals surface area contributed by atoms with Gasteiger partial charge in [0.25, 0.3) is 0 Å². The minimum absolute atomic E-state index is 0.616. The van der Waals surface area contributed by atoms with Crippen molar-refractivity contribution in [2.24, 2.45) is 0 Å². The van der Waals surface area contributed by atoms with Gasteiger partial charge >= 0.3 is 5.97 Å². The quantitative estimate of drug-likeness (QED) is 0.812. The summed E-state index contributed by atoms with van der Waals surface area (Å²) in [5.74, 6) is -0.841. The van der Waals surface area contributed by atoms with Crippen molar-refractivity contribution in [1.29, 1.82) is 0 Å². The van der Waals surface area contributed by atoms with Gasteiger partial charge in [0.2, 0.25) is 6.17 Å². The van der Waals surface area contributed by atoms with Crippen LogP contribution in [0.1, 0.15) is 5.56 Å². The molecule has 0 aromatic heterocycles. The van der Waals surface area contributed by atoms with E-state index in [9.17, 15) is 4.79 Å². The fraction of sp³-hybridized carbons (Fsp3) is 0.250. The first-order chi connectivity index (χ1) is 7.61. The van der Waals surface area contributed by atoms with Gasteiger partial charge in [0.15, 0.2) is 0 Å². The van der Waals surface area contributed by atoms with Gasteiger partial charge in [0, 0.05) is 20.3 Å². The summed E-state index contributed by atoms with van der Waals surface area (Å²) in [6, 6.07) is 9.77. The molecule has 0 saturated heterocycles. The Morgan fingerprint density at radius 3 is 2.38 bits per heavy atom. The minimum atomic E-state index is -0.841. The van der Waals surface area contributed by atoms with Crippen LogP contribution in [0.15, 0.2) is 36.5 Å². The van der Waals surface area contributed by atoms with Gasteiger partial charge in [-0.2, -0.15) is 0 Å². The highest BCUT2D eigenvalue weighted by atomic mass is 16.4. The van der Waals surface area contributed by atoms with Crippen molar-refractivity contribution in [1.82, 2.24) is 9.80 Å². The number of hydrogen-bond acceptors (Lipinski definition) is 3. The number of nitrogens with zero attached hydrogens (tertiary/aromatic N) is 2. The largest absolute Gasteiger partial charge is 0.478 e. The molecule has 1 heterocycles. The average molecular weight is 218 g/mol. The Kier molecular flexibility index (Phi) is 2.56. The number of carboxylic acids is 1. The predicted octanol–water partition coefficient (Wildman–Crippen LogP) is 1.27. The van der Waals surface area contributed by atoms with Crippen molar-refractivity contribution in [2.45, 2.75) is 6.17 Å². The first kappa shape index (κ1) is 10.5. The lowest BCUT2D eigenvalue weighted by Crippen LogP contribution is -2.41. The maximum atomic E-state index is 11.1. The summed E-state index contributed by atoms with van der Waals surface area (Å²) in [5.41, 5.74) is 1.95. The molecule has 1 N–H and O–H groups in total. The van der Waals surface area contributed by atoms with Crippen LogP contribution in [0.2, 0.25) is 0 Å². The van der Waals surface area contributed by atoms with Crippen LogP contribution in [0, 0.1) is 0 Å². The van der Waals surface area contributed by atoms with Crippen molar-refractivity contribution in [3.63, 3.8) is 0 Å². The van der Waals surface area contributed by atoms with Crippen molar-refractivity contribution in [3.05, 3.63) is 42.1 Å². The summed E-state index contributed by atoms with van der Waals surface area (Å²) in [6.07, 6.45) is 1.24. The molecule has 0 spiro atoms. The molecular weight excluding hydrogens is 204 g/mol. The van der Waals surface area contributed by atoms with E-state index in [4.69, 9.17) is 5.11 Å². The van der Waals surface area contributed by atoms with Crippen molar-refractivity contribution < 1.29 is 9.90 Å². The standard InChI is InChI=1S/C12H14N2O2/c1-13-8-10(9-6-4-3-5-7-9)14(2)11(13)12(15)16/h3-8,11H,1-2H3,(H,15,16). The second-order valence-corrected chi connectivity index (χ2v) is 3.87. The molecule has 4 heteroatoms. The lowest BCUT2D eigenvalue weighted by molar-refractivity contribution is -0.145. The van der Waals surface area contributed by atoms with Crippen LogP contribution < -0.4 is 0 Å². The molecule has 0 radical (unpaired) electrons. The summed E-state index contributed by atoms with van der Waals surface area (Å²) in [7, 11) is 3.56. The van der Waals surface area contributed by atoms with Crippen LogP contribution in [0.25, 0.3) is 5.70 Å². The van der Waals surface area contributed by atoms with Crippen LogP contribution in [-0.4, -0.2) is 41.1 Å². The normalized spacial score (nSPS) is 19.9. The van der Waals surface area contributed by atoms with Gasteiger partial charge in [-0.3, -0.25) is 0 Å².